The molecule has 1 fully saturated rings. The fourth-order valence-corrected chi connectivity index (χ4v) is 2.94. The van der Waals surface area contributed by atoms with Crippen LogP contribution in [-0.4, -0.2) is 30.1 Å². The maximum atomic E-state index is 12.3. The van der Waals surface area contributed by atoms with Crippen LogP contribution >= 0.6 is 0 Å². The molecular weight excluding hydrogens is 290 g/mol. The quantitative estimate of drug-likeness (QED) is 0.874. The van der Waals surface area contributed by atoms with E-state index in [9.17, 15) is 9.59 Å². The van der Waals surface area contributed by atoms with E-state index in [1.807, 2.05) is 18.2 Å². The van der Waals surface area contributed by atoms with Crippen molar-refractivity contribution in [1.82, 2.24) is 10.2 Å². The Kier molecular flexibility index (Phi) is 5.64. The van der Waals surface area contributed by atoms with Crippen molar-refractivity contribution in [3.8, 4) is 0 Å². The third kappa shape index (κ3) is 4.24. The van der Waals surface area contributed by atoms with Gasteiger partial charge < -0.3 is 10.2 Å². The van der Waals surface area contributed by atoms with E-state index in [1.54, 1.807) is 4.90 Å². The standard InChI is InChI=1S/C18H27N3O2/c1-12(2)14-8-7-9-15(13(3)4)16(14)19-17(22)20-18(23)21-10-5-6-11-21/h7-9,12-13H,5-6,10-11H2,1-4H3,(H2,19,20,22,23). The molecular formula is C18H27N3O2. The number of anilines is 1. The van der Waals surface area contributed by atoms with E-state index >= 15 is 0 Å². The highest BCUT2D eigenvalue weighted by Gasteiger charge is 2.21. The van der Waals surface area contributed by atoms with Gasteiger partial charge in [0.1, 0.15) is 0 Å². The minimum atomic E-state index is -0.461. The first-order chi connectivity index (χ1) is 10.9. The number of urea groups is 2. The minimum Gasteiger partial charge on any atom is -0.324 e. The molecule has 2 N–H and O–H groups in total. The van der Waals surface area contributed by atoms with Gasteiger partial charge in [-0.3, -0.25) is 5.32 Å². The number of hydrogen-bond acceptors (Lipinski definition) is 2. The number of carbonyl (C=O) groups excluding carboxylic acids is 2. The molecule has 1 heterocycles. The van der Waals surface area contributed by atoms with Crippen molar-refractivity contribution < 1.29 is 9.59 Å². The number of carbonyl (C=O) groups is 2. The number of amides is 4. The highest BCUT2D eigenvalue weighted by atomic mass is 16.2. The molecule has 2 rings (SSSR count). The molecule has 0 atom stereocenters. The Bertz CT molecular complexity index is 549. The number of hydrogen-bond donors (Lipinski definition) is 2. The van der Waals surface area contributed by atoms with Crippen molar-refractivity contribution in [2.45, 2.75) is 52.4 Å². The van der Waals surface area contributed by atoms with Gasteiger partial charge in [-0.1, -0.05) is 45.9 Å². The number of likely N-dealkylation sites (tertiary alicyclic amines) is 1. The zero-order valence-electron chi connectivity index (χ0n) is 14.5. The summed E-state index contributed by atoms with van der Waals surface area (Å²) in [5, 5.41) is 5.34. The van der Waals surface area contributed by atoms with E-state index in [4.69, 9.17) is 0 Å². The monoisotopic (exact) mass is 317 g/mol. The van der Waals surface area contributed by atoms with Gasteiger partial charge in [0.05, 0.1) is 0 Å². The van der Waals surface area contributed by atoms with Gasteiger partial charge in [-0.05, 0) is 35.8 Å². The Morgan fingerprint density at radius 2 is 1.52 bits per heavy atom. The fraction of sp³-hybridized carbons (Fsp3) is 0.556. The first kappa shape index (κ1) is 17.3. The molecule has 1 aliphatic rings. The average Bonchev–Trinajstić information content (AvgIpc) is 3.01. The maximum absolute atomic E-state index is 12.3. The van der Waals surface area contributed by atoms with E-state index in [-0.39, 0.29) is 6.03 Å². The van der Waals surface area contributed by atoms with Crippen LogP contribution in [0.4, 0.5) is 15.3 Å². The molecule has 5 nitrogen and oxygen atoms in total. The summed E-state index contributed by atoms with van der Waals surface area (Å²) in [6.07, 6.45) is 2.01. The summed E-state index contributed by atoms with van der Waals surface area (Å²) < 4.78 is 0. The van der Waals surface area contributed by atoms with E-state index in [1.165, 1.54) is 0 Å². The number of para-hydroxylation sites is 1. The van der Waals surface area contributed by atoms with Crippen LogP contribution in [0.5, 0.6) is 0 Å². The molecule has 0 spiro atoms. The fourth-order valence-electron chi connectivity index (χ4n) is 2.94. The Balaban J connectivity index is 2.14. The largest absolute Gasteiger partial charge is 0.327 e. The molecule has 1 aliphatic heterocycles. The summed E-state index contributed by atoms with van der Waals surface area (Å²) in [6.45, 7) is 9.82. The predicted octanol–water partition coefficient (Wildman–Crippen LogP) is 4.27. The summed E-state index contributed by atoms with van der Waals surface area (Å²) in [5.74, 6) is 0.580. The molecule has 0 aromatic heterocycles. The van der Waals surface area contributed by atoms with Crippen LogP contribution in [-0.2, 0) is 0 Å². The topological polar surface area (TPSA) is 61.4 Å². The van der Waals surface area contributed by atoms with Crippen LogP contribution in [0.3, 0.4) is 0 Å². The summed E-state index contributed by atoms with van der Waals surface area (Å²) in [6, 6.07) is 5.29. The Morgan fingerprint density at radius 3 is 2.00 bits per heavy atom. The first-order valence-corrected chi connectivity index (χ1v) is 8.40. The SMILES string of the molecule is CC(C)c1cccc(C(C)C)c1NC(=O)NC(=O)N1CCCC1. The molecule has 23 heavy (non-hydrogen) atoms. The lowest BCUT2D eigenvalue weighted by Crippen LogP contribution is -2.43. The number of benzene rings is 1. The molecule has 0 unspecified atom stereocenters. The molecule has 0 bridgehead atoms. The molecule has 1 aromatic rings. The third-order valence-electron chi connectivity index (χ3n) is 4.23. The van der Waals surface area contributed by atoms with Crippen molar-refractivity contribution in [2.24, 2.45) is 0 Å². The highest BCUT2D eigenvalue weighted by Crippen LogP contribution is 2.32. The number of nitrogens with zero attached hydrogens (tertiary/aromatic N) is 1. The van der Waals surface area contributed by atoms with Gasteiger partial charge in [0, 0.05) is 18.8 Å². The lowest BCUT2D eigenvalue weighted by Gasteiger charge is -2.21. The summed E-state index contributed by atoms with van der Waals surface area (Å²) >= 11 is 0. The second kappa shape index (κ2) is 7.49. The second-order valence-electron chi connectivity index (χ2n) is 6.70. The van der Waals surface area contributed by atoms with Gasteiger partial charge >= 0.3 is 12.1 Å². The van der Waals surface area contributed by atoms with Crippen LogP contribution in [0.25, 0.3) is 0 Å². The van der Waals surface area contributed by atoms with E-state index in [0.29, 0.717) is 11.8 Å². The van der Waals surface area contributed by atoms with Crippen LogP contribution in [0, 0.1) is 0 Å². The van der Waals surface area contributed by atoms with E-state index in [2.05, 4.69) is 38.3 Å². The Labute approximate surface area is 138 Å². The van der Waals surface area contributed by atoms with Gasteiger partial charge in [0.2, 0.25) is 0 Å². The predicted molar refractivity (Wildman–Crippen MR) is 93.0 cm³/mol. The lowest BCUT2D eigenvalue weighted by atomic mass is 9.93. The lowest BCUT2D eigenvalue weighted by molar-refractivity contribution is 0.207. The van der Waals surface area contributed by atoms with Crippen molar-refractivity contribution in [3.05, 3.63) is 29.3 Å². The minimum absolute atomic E-state index is 0.290. The van der Waals surface area contributed by atoms with Gasteiger partial charge in [0.15, 0.2) is 0 Å². The molecule has 1 aromatic carbocycles. The van der Waals surface area contributed by atoms with Crippen LogP contribution in [0.2, 0.25) is 0 Å². The van der Waals surface area contributed by atoms with Crippen molar-refractivity contribution in [2.75, 3.05) is 18.4 Å². The summed E-state index contributed by atoms with van der Waals surface area (Å²) in [5.41, 5.74) is 2.99. The second-order valence-corrected chi connectivity index (χ2v) is 6.70. The van der Waals surface area contributed by atoms with Gasteiger partial charge in [-0.15, -0.1) is 0 Å². The van der Waals surface area contributed by atoms with Crippen molar-refractivity contribution in [1.29, 1.82) is 0 Å². The molecule has 0 saturated carbocycles. The Hall–Kier alpha value is -2.04. The molecule has 0 aliphatic carbocycles. The first-order valence-electron chi connectivity index (χ1n) is 8.40. The zero-order chi connectivity index (χ0) is 17.0. The third-order valence-corrected chi connectivity index (χ3v) is 4.23. The van der Waals surface area contributed by atoms with Gasteiger partial charge in [0.25, 0.3) is 0 Å². The van der Waals surface area contributed by atoms with E-state index in [0.717, 1.165) is 42.7 Å². The molecule has 1 saturated heterocycles. The van der Waals surface area contributed by atoms with Crippen molar-refractivity contribution in [3.63, 3.8) is 0 Å². The zero-order valence-corrected chi connectivity index (χ0v) is 14.5. The molecule has 0 radical (unpaired) electrons. The maximum Gasteiger partial charge on any atom is 0.327 e. The van der Waals surface area contributed by atoms with Crippen LogP contribution in [0.1, 0.15) is 63.5 Å². The summed E-state index contributed by atoms with van der Waals surface area (Å²) in [7, 11) is 0. The van der Waals surface area contributed by atoms with Crippen LogP contribution < -0.4 is 10.6 Å². The van der Waals surface area contributed by atoms with Crippen LogP contribution in [0.15, 0.2) is 18.2 Å². The van der Waals surface area contributed by atoms with Gasteiger partial charge in [-0.25, -0.2) is 9.59 Å². The number of rotatable bonds is 3. The molecule has 126 valence electrons. The van der Waals surface area contributed by atoms with Crippen molar-refractivity contribution >= 4 is 17.7 Å². The normalized spacial score (nSPS) is 14.4. The Morgan fingerprint density at radius 1 is 1.00 bits per heavy atom. The molecule has 4 amide bonds. The number of imide groups is 1. The van der Waals surface area contributed by atoms with Gasteiger partial charge in [-0.2, -0.15) is 0 Å². The molecule has 5 heteroatoms. The number of nitrogens with one attached hydrogen (secondary N) is 2. The smallest absolute Gasteiger partial charge is 0.324 e. The summed E-state index contributed by atoms with van der Waals surface area (Å²) in [4.78, 5) is 26.0. The van der Waals surface area contributed by atoms with E-state index < -0.39 is 6.03 Å². The highest BCUT2D eigenvalue weighted by molar-refractivity contribution is 6.01. The average molecular weight is 317 g/mol.